The van der Waals surface area contributed by atoms with Gasteiger partial charge in [-0.3, -0.25) is 4.90 Å². The number of hydrogen-bond donors (Lipinski definition) is 2. The SMILES string of the molecule is CC(CN1CCOCC1)NS(=O)(=O)c1ccc(CO)s1. The fourth-order valence-electron chi connectivity index (χ4n) is 2.12. The fraction of sp³-hybridized carbons (Fsp3) is 0.667. The zero-order chi connectivity index (χ0) is 14.6. The van der Waals surface area contributed by atoms with Crippen LogP contribution in [0.3, 0.4) is 0 Å². The number of ether oxygens (including phenoxy) is 1. The summed E-state index contributed by atoms with van der Waals surface area (Å²) in [6.07, 6.45) is 0. The number of aliphatic hydroxyl groups is 1. The number of thiophene rings is 1. The van der Waals surface area contributed by atoms with Crippen LogP contribution in [0.1, 0.15) is 11.8 Å². The lowest BCUT2D eigenvalue weighted by molar-refractivity contribution is 0.0354. The Bertz CT molecular complexity index is 523. The smallest absolute Gasteiger partial charge is 0.250 e. The minimum Gasteiger partial charge on any atom is -0.391 e. The highest BCUT2D eigenvalue weighted by atomic mass is 32.2. The lowest BCUT2D eigenvalue weighted by atomic mass is 10.3. The molecule has 2 N–H and O–H groups in total. The van der Waals surface area contributed by atoms with E-state index in [0.29, 0.717) is 24.6 Å². The quantitative estimate of drug-likeness (QED) is 0.785. The maximum atomic E-state index is 12.2. The van der Waals surface area contributed by atoms with Crippen molar-refractivity contribution < 1.29 is 18.3 Å². The molecule has 2 heterocycles. The van der Waals surface area contributed by atoms with Crippen molar-refractivity contribution >= 4 is 21.4 Å². The summed E-state index contributed by atoms with van der Waals surface area (Å²) in [5.74, 6) is 0. The number of aliphatic hydroxyl groups excluding tert-OH is 1. The van der Waals surface area contributed by atoms with Crippen molar-refractivity contribution in [3.63, 3.8) is 0 Å². The van der Waals surface area contributed by atoms with Crippen molar-refractivity contribution in [3.05, 3.63) is 17.0 Å². The van der Waals surface area contributed by atoms with Crippen molar-refractivity contribution in [1.29, 1.82) is 0 Å². The van der Waals surface area contributed by atoms with E-state index in [1.54, 1.807) is 6.07 Å². The van der Waals surface area contributed by atoms with E-state index in [1.807, 2.05) is 6.92 Å². The average Bonchev–Trinajstić information content (AvgIpc) is 2.88. The summed E-state index contributed by atoms with van der Waals surface area (Å²) in [6, 6.07) is 2.99. The van der Waals surface area contributed by atoms with E-state index >= 15 is 0 Å². The largest absolute Gasteiger partial charge is 0.391 e. The Morgan fingerprint density at radius 1 is 1.45 bits per heavy atom. The summed E-state index contributed by atoms with van der Waals surface area (Å²) in [4.78, 5) is 2.83. The predicted octanol–water partition coefficient (Wildman–Crippen LogP) is 0.239. The van der Waals surface area contributed by atoms with Gasteiger partial charge in [0.15, 0.2) is 0 Å². The van der Waals surface area contributed by atoms with Crippen LogP contribution in [0, 0.1) is 0 Å². The molecule has 8 heteroatoms. The van der Waals surface area contributed by atoms with Crippen LogP contribution in [0.2, 0.25) is 0 Å². The summed E-state index contributed by atoms with van der Waals surface area (Å²) >= 11 is 1.09. The Hall–Kier alpha value is -0.510. The van der Waals surface area contributed by atoms with Crippen molar-refractivity contribution in [2.75, 3.05) is 32.8 Å². The zero-order valence-corrected chi connectivity index (χ0v) is 13.0. The first kappa shape index (κ1) is 15.9. The third-order valence-electron chi connectivity index (χ3n) is 3.05. The molecule has 2 rings (SSSR count). The van der Waals surface area contributed by atoms with Crippen molar-refractivity contribution in [2.45, 2.75) is 23.8 Å². The Morgan fingerprint density at radius 3 is 2.75 bits per heavy atom. The van der Waals surface area contributed by atoms with Gasteiger partial charge in [-0.25, -0.2) is 13.1 Å². The van der Waals surface area contributed by atoms with E-state index in [-0.39, 0.29) is 16.9 Å². The molecule has 6 nitrogen and oxygen atoms in total. The van der Waals surface area contributed by atoms with Crippen LogP contribution in [0.5, 0.6) is 0 Å². The van der Waals surface area contributed by atoms with Gasteiger partial charge in [-0.2, -0.15) is 0 Å². The van der Waals surface area contributed by atoms with Gasteiger partial charge in [0.25, 0.3) is 0 Å². The Morgan fingerprint density at radius 2 is 2.15 bits per heavy atom. The Balaban J connectivity index is 1.93. The van der Waals surface area contributed by atoms with Gasteiger partial charge >= 0.3 is 0 Å². The third kappa shape index (κ3) is 4.24. The third-order valence-corrected chi connectivity index (χ3v) is 6.20. The summed E-state index contributed by atoms with van der Waals surface area (Å²) < 4.78 is 32.6. The summed E-state index contributed by atoms with van der Waals surface area (Å²) in [5, 5.41) is 8.99. The van der Waals surface area contributed by atoms with Crippen molar-refractivity contribution in [2.24, 2.45) is 0 Å². The molecule has 1 aromatic rings. The molecule has 1 aliphatic heterocycles. The number of rotatable bonds is 6. The highest BCUT2D eigenvalue weighted by Crippen LogP contribution is 2.21. The summed E-state index contributed by atoms with van der Waals surface area (Å²) in [5.41, 5.74) is 0. The van der Waals surface area contributed by atoms with Crippen molar-refractivity contribution in [1.82, 2.24) is 9.62 Å². The molecule has 0 saturated carbocycles. The molecule has 0 bridgehead atoms. The maximum absolute atomic E-state index is 12.2. The molecule has 114 valence electrons. The molecule has 1 aromatic heterocycles. The molecule has 1 atom stereocenters. The van der Waals surface area contributed by atoms with Crippen LogP contribution in [-0.2, 0) is 21.4 Å². The zero-order valence-electron chi connectivity index (χ0n) is 11.4. The summed E-state index contributed by atoms with van der Waals surface area (Å²) in [7, 11) is -3.50. The first-order valence-corrected chi connectivity index (χ1v) is 8.83. The molecular weight excluding hydrogens is 300 g/mol. The lowest BCUT2D eigenvalue weighted by Gasteiger charge is -2.29. The molecule has 0 aliphatic carbocycles. The second-order valence-electron chi connectivity index (χ2n) is 4.81. The van der Waals surface area contributed by atoms with E-state index in [0.717, 1.165) is 24.4 Å². The van der Waals surface area contributed by atoms with Gasteiger partial charge in [-0.1, -0.05) is 0 Å². The lowest BCUT2D eigenvalue weighted by Crippen LogP contribution is -2.45. The standard InChI is InChI=1S/C12H20N2O4S2/c1-10(8-14-4-6-18-7-5-14)13-20(16,17)12-3-2-11(9-15)19-12/h2-3,10,13,15H,4-9H2,1H3. The minimum absolute atomic E-state index is 0.135. The van der Waals surface area contributed by atoms with E-state index in [1.165, 1.54) is 6.07 Å². The van der Waals surface area contributed by atoms with Gasteiger partial charge in [0.1, 0.15) is 4.21 Å². The minimum atomic E-state index is -3.50. The first-order chi connectivity index (χ1) is 9.51. The molecule has 1 saturated heterocycles. The molecule has 20 heavy (non-hydrogen) atoms. The molecule has 1 fully saturated rings. The van der Waals surface area contributed by atoms with Crippen LogP contribution in [-0.4, -0.2) is 57.3 Å². The molecule has 1 aliphatic rings. The predicted molar refractivity (Wildman–Crippen MR) is 77.3 cm³/mol. The second kappa shape index (κ2) is 6.97. The van der Waals surface area contributed by atoms with E-state index in [9.17, 15) is 8.42 Å². The maximum Gasteiger partial charge on any atom is 0.250 e. The van der Waals surface area contributed by atoms with Crippen LogP contribution >= 0.6 is 11.3 Å². The van der Waals surface area contributed by atoms with E-state index in [4.69, 9.17) is 9.84 Å². The number of morpholine rings is 1. The van der Waals surface area contributed by atoms with Crippen LogP contribution in [0.15, 0.2) is 16.3 Å². The van der Waals surface area contributed by atoms with Gasteiger partial charge in [-0.05, 0) is 19.1 Å². The molecule has 0 aromatic carbocycles. The molecule has 1 unspecified atom stereocenters. The highest BCUT2D eigenvalue weighted by molar-refractivity contribution is 7.91. The van der Waals surface area contributed by atoms with Crippen LogP contribution < -0.4 is 4.72 Å². The van der Waals surface area contributed by atoms with Crippen molar-refractivity contribution in [3.8, 4) is 0 Å². The number of hydrogen-bond acceptors (Lipinski definition) is 6. The van der Waals surface area contributed by atoms with Gasteiger partial charge in [0.2, 0.25) is 10.0 Å². The summed E-state index contributed by atoms with van der Waals surface area (Å²) in [6.45, 7) is 5.45. The van der Waals surface area contributed by atoms with Gasteiger partial charge < -0.3 is 9.84 Å². The van der Waals surface area contributed by atoms with E-state index < -0.39 is 10.0 Å². The monoisotopic (exact) mass is 320 g/mol. The van der Waals surface area contributed by atoms with E-state index in [2.05, 4.69) is 9.62 Å². The fourth-order valence-corrected chi connectivity index (χ4v) is 4.59. The second-order valence-corrected chi connectivity index (χ2v) is 7.92. The molecule has 0 amide bonds. The highest BCUT2D eigenvalue weighted by Gasteiger charge is 2.21. The molecule has 0 spiro atoms. The van der Waals surface area contributed by atoms with Crippen LogP contribution in [0.25, 0.3) is 0 Å². The Kier molecular flexibility index (Phi) is 5.53. The molecular formula is C12H20N2O4S2. The number of sulfonamides is 1. The van der Waals surface area contributed by atoms with Gasteiger partial charge in [0.05, 0.1) is 19.8 Å². The molecule has 0 radical (unpaired) electrons. The van der Waals surface area contributed by atoms with Gasteiger partial charge in [0, 0.05) is 30.6 Å². The number of nitrogens with zero attached hydrogens (tertiary/aromatic N) is 1. The number of nitrogens with one attached hydrogen (secondary N) is 1. The first-order valence-electron chi connectivity index (χ1n) is 6.53. The van der Waals surface area contributed by atoms with Crippen LogP contribution in [0.4, 0.5) is 0 Å². The average molecular weight is 320 g/mol. The van der Waals surface area contributed by atoms with Gasteiger partial charge in [-0.15, -0.1) is 11.3 Å². The Labute approximate surface area is 123 Å². The topological polar surface area (TPSA) is 78.9 Å². The normalized spacial score (nSPS) is 19.1.